The van der Waals surface area contributed by atoms with Gasteiger partial charge in [0.2, 0.25) is 0 Å². The molecule has 0 aliphatic rings. The molecule has 0 amide bonds. The molecule has 0 atom stereocenters. The van der Waals surface area contributed by atoms with E-state index in [4.69, 9.17) is 20.4 Å². The first kappa shape index (κ1) is 43.5. The van der Waals surface area contributed by atoms with E-state index >= 15 is 0 Å². The SMILES string of the molecule is O=C([O-])CN(CCN(CC(=O)[O-])CC(=O)[O-])CC(=O)[O-].[NH3+]CCO.[NH3+]CCO.[NH3+]CCO.[NH3+]CCO. The van der Waals surface area contributed by atoms with Crippen molar-refractivity contribution in [2.45, 2.75) is 0 Å². The van der Waals surface area contributed by atoms with Gasteiger partial charge in [0.15, 0.2) is 0 Å². The number of hydrogen-bond acceptors (Lipinski definition) is 14. The highest BCUT2D eigenvalue weighted by atomic mass is 16.4. The first-order valence-corrected chi connectivity index (χ1v) is 10.7. The summed E-state index contributed by atoms with van der Waals surface area (Å²) in [5.74, 6) is -6.12. The summed E-state index contributed by atoms with van der Waals surface area (Å²) in [5, 5.41) is 72.9. The summed E-state index contributed by atoms with van der Waals surface area (Å²) in [6, 6.07) is 0. The van der Waals surface area contributed by atoms with Crippen LogP contribution in [0.5, 0.6) is 0 Å². The maximum atomic E-state index is 10.4. The zero-order valence-corrected chi connectivity index (χ0v) is 20.7. The number of carbonyl (C=O) groups excluding carboxylic acids is 4. The average molecular weight is 537 g/mol. The number of quaternary nitrogens is 4. The highest BCUT2D eigenvalue weighted by molar-refractivity contribution is 5.71. The summed E-state index contributed by atoms with van der Waals surface area (Å²) < 4.78 is 0. The van der Waals surface area contributed by atoms with E-state index in [-0.39, 0.29) is 39.5 Å². The number of hydrogen-bond donors (Lipinski definition) is 8. The molecular formula is C18H44N6O12. The molecule has 0 aromatic carbocycles. The lowest BCUT2D eigenvalue weighted by Crippen LogP contribution is -2.51. The van der Waals surface area contributed by atoms with Crippen LogP contribution in [0, 0.1) is 0 Å². The number of carboxylic acids is 4. The van der Waals surface area contributed by atoms with Gasteiger partial charge in [0.25, 0.3) is 0 Å². The van der Waals surface area contributed by atoms with Gasteiger partial charge in [-0.15, -0.1) is 0 Å². The van der Waals surface area contributed by atoms with E-state index in [1.165, 1.54) is 0 Å². The molecule has 18 heteroatoms. The molecule has 0 saturated carbocycles. The molecule has 0 fully saturated rings. The molecule has 0 unspecified atom stereocenters. The molecular weight excluding hydrogens is 492 g/mol. The molecule has 18 nitrogen and oxygen atoms in total. The minimum absolute atomic E-state index is 0.206. The predicted molar refractivity (Wildman–Crippen MR) is 112 cm³/mol. The van der Waals surface area contributed by atoms with Crippen molar-refractivity contribution in [1.82, 2.24) is 9.80 Å². The van der Waals surface area contributed by atoms with Gasteiger partial charge < -0.3 is 83.0 Å². The van der Waals surface area contributed by atoms with Crippen LogP contribution in [0.25, 0.3) is 0 Å². The summed E-state index contributed by atoms with van der Waals surface area (Å²) in [4.78, 5) is 43.4. The summed E-state index contributed by atoms with van der Waals surface area (Å²) in [6.45, 7) is 0.0822. The molecule has 0 aliphatic carbocycles. The van der Waals surface area contributed by atoms with Crippen molar-refractivity contribution in [3.05, 3.63) is 0 Å². The van der Waals surface area contributed by atoms with E-state index in [9.17, 15) is 39.6 Å². The van der Waals surface area contributed by atoms with Crippen LogP contribution in [0.15, 0.2) is 0 Å². The standard InChI is InChI=1S/C10H16N2O8.4C2H7NO/c13-7(14)3-11(4-8(15)16)1-2-12(5-9(17)18)6-10(19)20;4*3-1-2-4/h1-6H2,(H,13,14)(H,15,16)(H,17,18)(H,19,20);4*4H,1-3H2. The number of aliphatic hydroxyl groups excluding tert-OH is 4. The molecule has 0 bridgehead atoms. The Balaban J connectivity index is -0.000000161. The van der Waals surface area contributed by atoms with Crippen LogP contribution >= 0.6 is 0 Å². The van der Waals surface area contributed by atoms with Crippen LogP contribution in [0.1, 0.15) is 0 Å². The second-order valence-electron chi connectivity index (χ2n) is 6.22. The van der Waals surface area contributed by atoms with Gasteiger partial charge in [0, 0.05) is 39.3 Å². The smallest absolute Gasteiger partial charge is 0.0974 e. The van der Waals surface area contributed by atoms with Gasteiger partial charge in [-0.25, -0.2) is 0 Å². The van der Waals surface area contributed by atoms with Crippen LogP contribution in [-0.4, -0.2) is 146 Å². The van der Waals surface area contributed by atoms with E-state index < -0.39 is 50.1 Å². The van der Waals surface area contributed by atoms with Crippen molar-refractivity contribution in [2.24, 2.45) is 0 Å². The summed E-state index contributed by atoms with van der Waals surface area (Å²) >= 11 is 0. The number of carbonyl (C=O) groups is 4. The monoisotopic (exact) mass is 536 g/mol. The van der Waals surface area contributed by atoms with Crippen molar-refractivity contribution in [3.8, 4) is 0 Å². The van der Waals surface area contributed by atoms with Crippen molar-refractivity contribution < 1.29 is 83.0 Å². The Kier molecular flexibility index (Phi) is 44.8. The van der Waals surface area contributed by atoms with E-state index in [0.717, 1.165) is 9.80 Å². The van der Waals surface area contributed by atoms with E-state index in [1.807, 2.05) is 0 Å². The second-order valence-corrected chi connectivity index (χ2v) is 6.22. The lowest BCUT2D eigenvalue weighted by atomic mass is 10.4. The van der Waals surface area contributed by atoms with Crippen molar-refractivity contribution in [3.63, 3.8) is 0 Å². The van der Waals surface area contributed by atoms with Crippen molar-refractivity contribution in [2.75, 3.05) is 91.9 Å². The Hall–Kier alpha value is -2.52. The third-order valence-corrected chi connectivity index (χ3v) is 2.78. The van der Waals surface area contributed by atoms with Crippen LogP contribution in [0.4, 0.5) is 0 Å². The average Bonchev–Trinajstić information content (AvgIpc) is 2.81. The Bertz CT molecular complexity index is 425. The number of rotatable bonds is 15. The number of nitrogens with zero attached hydrogens (tertiary/aromatic N) is 2. The fraction of sp³-hybridized carbons (Fsp3) is 0.778. The fourth-order valence-electron chi connectivity index (χ4n) is 1.44. The third kappa shape index (κ3) is 57.9. The minimum Gasteiger partial charge on any atom is -0.549 e. The Labute approximate surface area is 209 Å². The number of aliphatic hydroxyl groups is 4. The Morgan fingerprint density at radius 2 is 0.611 bits per heavy atom. The lowest BCUT2D eigenvalue weighted by molar-refractivity contribution is -0.372. The van der Waals surface area contributed by atoms with Crippen molar-refractivity contribution >= 4 is 23.9 Å². The molecule has 0 aliphatic heterocycles. The highest BCUT2D eigenvalue weighted by Crippen LogP contribution is 1.92. The molecule has 16 N–H and O–H groups in total. The Morgan fingerprint density at radius 1 is 0.472 bits per heavy atom. The van der Waals surface area contributed by atoms with Gasteiger partial charge in [0.05, 0.1) is 76.5 Å². The normalized spacial score (nSPS) is 9.28. The highest BCUT2D eigenvalue weighted by Gasteiger charge is 2.10. The predicted octanol–water partition coefficient (Wildman–Crippen LogP) is -14.5. The largest absolute Gasteiger partial charge is 0.549 e. The van der Waals surface area contributed by atoms with E-state index in [2.05, 4.69) is 22.9 Å². The van der Waals surface area contributed by atoms with Crippen LogP contribution < -0.4 is 43.4 Å². The zero-order valence-electron chi connectivity index (χ0n) is 20.7. The zero-order chi connectivity index (χ0) is 29.4. The van der Waals surface area contributed by atoms with Gasteiger partial charge in [-0.1, -0.05) is 0 Å². The molecule has 218 valence electrons. The van der Waals surface area contributed by atoms with Crippen LogP contribution in [-0.2, 0) is 19.2 Å². The minimum atomic E-state index is -1.53. The fourth-order valence-corrected chi connectivity index (χ4v) is 1.44. The Morgan fingerprint density at radius 3 is 0.694 bits per heavy atom. The second kappa shape index (κ2) is 37.0. The van der Waals surface area contributed by atoms with Crippen LogP contribution in [0.2, 0.25) is 0 Å². The first-order valence-electron chi connectivity index (χ1n) is 10.7. The summed E-state index contributed by atoms with van der Waals surface area (Å²) in [7, 11) is 0. The maximum Gasteiger partial charge on any atom is 0.0974 e. The topological polar surface area (TPSA) is 358 Å². The van der Waals surface area contributed by atoms with Crippen LogP contribution in [0.3, 0.4) is 0 Å². The molecule has 0 spiro atoms. The van der Waals surface area contributed by atoms with Gasteiger partial charge in [0.1, 0.15) is 0 Å². The molecule has 0 aromatic rings. The van der Waals surface area contributed by atoms with E-state index in [1.54, 1.807) is 0 Å². The van der Waals surface area contributed by atoms with Gasteiger partial charge in [-0.3, -0.25) is 9.80 Å². The summed E-state index contributed by atoms with van der Waals surface area (Å²) in [5.41, 5.74) is 13.4. The molecule has 36 heavy (non-hydrogen) atoms. The van der Waals surface area contributed by atoms with Gasteiger partial charge in [-0.2, -0.15) is 0 Å². The van der Waals surface area contributed by atoms with Crippen molar-refractivity contribution in [1.29, 1.82) is 0 Å². The molecule has 0 saturated heterocycles. The molecule has 0 heterocycles. The maximum absolute atomic E-state index is 10.4. The molecule has 0 aromatic heterocycles. The summed E-state index contributed by atoms with van der Waals surface area (Å²) in [6.07, 6.45) is 0. The third-order valence-electron chi connectivity index (χ3n) is 2.78. The molecule has 0 rings (SSSR count). The first-order chi connectivity index (χ1) is 16.9. The molecule has 0 radical (unpaired) electrons. The number of aliphatic carboxylic acids is 4. The van der Waals surface area contributed by atoms with Gasteiger partial charge >= 0.3 is 0 Å². The van der Waals surface area contributed by atoms with E-state index in [0.29, 0.717) is 26.2 Å². The van der Waals surface area contributed by atoms with Gasteiger partial charge in [-0.05, 0) is 0 Å². The quantitative estimate of drug-likeness (QED) is 0.0962. The lowest BCUT2D eigenvalue weighted by Gasteiger charge is -2.28. The number of carboxylic acid groups (broad SMARTS) is 4.